The fraction of sp³-hybridized carbons (Fsp3) is 0.400. The number of Topliss-reactive ketones (excluding diaryl/α,β-unsaturated/α-hetero) is 1. The Balaban J connectivity index is 1.58. The molecule has 0 aliphatic heterocycles. The van der Waals surface area contributed by atoms with Crippen molar-refractivity contribution in [1.29, 1.82) is 0 Å². The van der Waals surface area contributed by atoms with Gasteiger partial charge in [0.05, 0.1) is 11.3 Å². The van der Waals surface area contributed by atoms with Gasteiger partial charge in [-0.3, -0.25) is 4.79 Å². The number of rotatable bonds is 7. The molecule has 0 saturated heterocycles. The Morgan fingerprint density at radius 1 is 1.18 bits per heavy atom. The number of carbonyl (C=O) groups excluding carboxylic acids is 1. The van der Waals surface area contributed by atoms with Crippen LogP contribution in [0.25, 0.3) is 11.3 Å². The minimum absolute atomic E-state index is 0.0248. The average Bonchev–Trinajstić information content (AvgIpc) is 3.17. The third-order valence-corrected chi connectivity index (χ3v) is 7.26. The van der Waals surface area contributed by atoms with Gasteiger partial charge in [-0.1, -0.05) is 19.9 Å². The van der Waals surface area contributed by atoms with Crippen molar-refractivity contribution in [2.24, 2.45) is 5.41 Å². The Labute approximate surface area is 195 Å². The smallest absolute Gasteiger partial charge is 0.244 e. The topological polar surface area (TPSA) is 98.1 Å². The molecule has 0 spiro atoms. The second-order valence-corrected chi connectivity index (χ2v) is 9.33. The number of aromatic nitrogens is 4. The molecule has 9 heteroatoms. The lowest BCUT2D eigenvalue weighted by molar-refractivity contribution is -0.0236. The number of halogens is 2. The lowest BCUT2D eigenvalue weighted by Crippen LogP contribution is -2.42. The van der Waals surface area contributed by atoms with Gasteiger partial charge < -0.3 is 9.84 Å². The maximum Gasteiger partial charge on any atom is 0.244 e. The first-order chi connectivity index (χ1) is 16.3. The van der Waals surface area contributed by atoms with E-state index in [4.69, 9.17) is 9.84 Å². The van der Waals surface area contributed by atoms with Crippen LogP contribution >= 0.6 is 0 Å². The summed E-state index contributed by atoms with van der Waals surface area (Å²) in [5, 5.41) is 17.7. The van der Waals surface area contributed by atoms with E-state index in [1.54, 1.807) is 6.07 Å². The predicted octanol–water partition coefficient (Wildman–Crippen LogP) is 4.36. The van der Waals surface area contributed by atoms with E-state index in [0.717, 1.165) is 12.0 Å². The van der Waals surface area contributed by atoms with Crippen LogP contribution in [0.3, 0.4) is 0 Å². The molecule has 0 radical (unpaired) electrons. The SMILES string of the molecule is CC1(C)[C@H]2CC[C@]1(Oc1nccnc1C(=O)CCCO)c1nnc(-c3c(F)cccc3F)cc12. The molecule has 0 unspecified atom stereocenters. The average molecular weight is 466 g/mol. The Hall–Kier alpha value is -3.33. The van der Waals surface area contributed by atoms with Crippen LogP contribution in [0.4, 0.5) is 8.78 Å². The zero-order chi connectivity index (χ0) is 24.1. The van der Waals surface area contributed by atoms with Crippen molar-refractivity contribution >= 4 is 5.78 Å². The number of nitrogens with zero attached hydrogens (tertiary/aromatic N) is 4. The molecule has 0 amide bonds. The summed E-state index contributed by atoms with van der Waals surface area (Å²) in [4.78, 5) is 21.2. The molecule has 2 aliphatic rings. The monoisotopic (exact) mass is 466 g/mol. The Kier molecular flexibility index (Phi) is 5.39. The first-order valence-electron chi connectivity index (χ1n) is 11.3. The Bertz CT molecular complexity index is 1260. The van der Waals surface area contributed by atoms with Crippen molar-refractivity contribution in [1.82, 2.24) is 20.2 Å². The normalized spacial score (nSPS) is 22.0. The summed E-state index contributed by atoms with van der Waals surface area (Å²) in [5.41, 5.74) is 0.0881. The maximum absolute atomic E-state index is 14.4. The highest BCUT2D eigenvalue weighted by Crippen LogP contribution is 2.67. The molecular formula is C25H24F2N4O3. The lowest BCUT2D eigenvalue weighted by atomic mass is 9.77. The summed E-state index contributed by atoms with van der Waals surface area (Å²) in [6.45, 7) is 4.01. The van der Waals surface area contributed by atoms with Crippen molar-refractivity contribution in [2.75, 3.05) is 6.61 Å². The molecule has 5 rings (SSSR count). The van der Waals surface area contributed by atoms with E-state index in [9.17, 15) is 13.6 Å². The van der Waals surface area contributed by atoms with Crippen molar-refractivity contribution in [3.8, 4) is 17.1 Å². The zero-order valence-electron chi connectivity index (χ0n) is 18.9. The highest BCUT2D eigenvalue weighted by Gasteiger charge is 2.66. The number of ether oxygens (including phenoxy) is 1. The molecular weight excluding hydrogens is 442 g/mol. The Morgan fingerprint density at radius 3 is 2.65 bits per heavy atom. The van der Waals surface area contributed by atoms with Gasteiger partial charge in [-0.15, -0.1) is 5.10 Å². The Morgan fingerprint density at radius 2 is 1.91 bits per heavy atom. The van der Waals surface area contributed by atoms with Gasteiger partial charge in [0.25, 0.3) is 0 Å². The van der Waals surface area contributed by atoms with E-state index in [1.165, 1.54) is 30.6 Å². The molecule has 2 atom stereocenters. The van der Waals surface area contributed by atoms with Crippen LogP contribution in [-0.4, -0.2) is 37.7 Å². The van der Waals surface area contributed by atoms with Crippen molar-refractivity contribution in [3.63, 3.8) is 0 Å². The number of benzene rings is 1. The molecule has 7 nitrogen and oxygen atoms in total. The molecule has 34 heavy (non-hydrogen) atoms. The predicted molar refractivity (Wildman–Crippen MR) is 118 cm³/mol. The number of hydrogen-bond acceptors (Lipinski definition) is 7. The first-order valence-corrected chi connectivity index (χ1v) is 11.3. The number of aliphatic hydroxyl groups is 1. The molecule has 1 aromatic carbocycles. The van der Waals surface area contributed by atoms with E-state index >= 15 is 0 Å². The summed E-state index contributed by atoms with van der Waals surface area (Å²) >= 11 is 0. The lowest BCUT2D eigenvalue weighted by Gasteiger charge is -2.37. The van der Waals surface area contributed by atoms with E-state index in [1.807, 2.05) is 0 Å². The van der Waals surface area contributed by atoms with E-state index < -0.39 is 22.7 Å². The maximum atomic E-state index is 14.4. The first kappa shape index (κ1) is 22.5. The largest absolute Gasteiger partial charge is 0.462 e. The van der Waals surface area contributed by atoms with Crippen LogP contribution in [0, 0.1) is 17.0 Å². The second-order valence-electron chi connectivity index (χ2n) is 9.33. The minimum Gasteiger partial charge on any atom is -0.462 e. The number of fused-ring (bicyclic) bond motifs is 5. The minimum atomic E-state index is -0.922. The quantitative estimate of drug-likeness (QED) is 0.517. The van der Waals surface area contributed by atoms with Crippen LogP contribution in [0.15, 0.2) is 36.7 Å². The van der Waals surface area contributed by atoms with Gasteiger partial charge in [-0.05, 0) is 48.9 Å². The molecule has 1 fully saturated rings. The second kappa shape index (κ2) is 8.16. The van der Waals surface area contributed by atoms with Gasteiger partial charge in [-0.25, -0.2) is 18.7 Å². The highest BCUT2D eigenvalue weighted by atomic mass is 19.1. The summed E-state index contributed by atoms with van der Waals surface area (Å²) in [5.74, 6) is -1.54. The van der Waals surface area contributed by atoms with Crippen molar-refractivity contribution in [3.05, 3.63) is 65.2 Å². The molecule has 2 aromatic heterocycles. The van der Waals surface area contributed by atoms with Gasteiger partial charge in [-0.2, -0.15) is 5.10 Å². The molecule has 176 valence electrons. The van der Waals surface area contributed by atoms with E-state index in [-0.39, 0.29) is 47.6 Å². The van der Waals surface area contributed by atoms with Crippen molar-refractivity contribution < 1.29 is 23.4 Å². The van der Waals surface area contributed by atoms with Crippen LogP contribution < -0.4 is 4.74 Å². The summed E-state index contributed by atoms with van der Waals surface area (Å²) in [7, 11) is 0. The molecule has 2 heterocycles. The fourth-order valence-corrected chi connectivity index (χ4v) is 5.48. The van der Waals surface area contributed by atoms with Gasteiger partial charge >= 0.3 is 0 Å². The number of aliphatic hydroxyl groups excluding tert-OH is 1. The summed E-state index contributed by atoms with van der Waals surface area (Å²) in [6.07, 6.45) is 4.73. The third-order valence-electron chi connectivity index (χ3n) is 7.26. The van der Waals surface area contributed by atoms with Gasteiger partial charge in [0.15, 0.2) is 17.1 Å². The standard InChI is InChI=1S/C25H24F2N4O3/c1-24(2)15-8-9-25(24,34-23-21(28-10-11-29-23)19(33)7-4-12-32)22-14(15)13-18(30-31-22)20-16(26)5-3-6-17(20)27/h3,5-6,10-11,13,15,32H,4,7-9,12H2,1-2H3/t15-,25-/m0/s1. The van der Waals surface area contributed by atoms with Crippen molar-refractivity contribution in [2.45, 2.75) is 51.0 Å². The molecule has 1 N–H and O–H groups in total. The van der Waals surface area contributed by atoms with E-state index in [0.29, 0.717) is 18.5 Å². The molecule has 2 bridgehead atoms. The fourth-order valence-electron chi connectivity index (χ4n) is 5.48. The highest BCUT2D eigenvalue weighted by molar-refractivity contribution is 5.96. The van der Waals surface area contributed by atoms with Gasteiger partial charge in [0.2, 0.25) is 5.88 Å². The van der Waals surface area contributed by atoms with Gasteiger partial charge in [0.1, 0.15) is 17.3 Å². The van der Waals surface area contributed by atoms with Crippen LogP contribution in [-0.2, 0) is 5.60 Å². The molecule has 3 aromatic rings. The van der Waals surface area contributed by atoms with Crippen LogP contribution in [0.1, 0.15) is 67.2 Å². The summed E-state index contributed by atoms with van der Waals surface area (Å²) < 4.78 is 35.3. The number of carbonyl (C=O) groups is 1. The van der Waals surface area contributed by atoms with Crippen LogP contribution in [0.5, 0.6) is 5.88 Å². The molecule has 1 saturated carbocycles. The number of hydrogen-bond donors (Lipinski definition) is 1. The van der Waals surface area contributed by atoms with Gasteiger partial charge in [0, 0.05) is 30.8 Å². The van der Waals surface area contributed by atoms with E-state index in [2.05, 4.69) is 34.0 Å². The molecule has 2 aliphatic carbocycles. The van der Waals surface area contributed by atoms with Crippen LogP contribution in [0.2, 0.25) is 0 Å². The summed E-state index contributed by atoms with van der Waals surface area (Å²) in [6, 6.07) is 5.39. The zero-order valence-corrected chi connectivity index (χ0v) is 18.9. The third kappa shape index (κ3) is 3.21. The number of ketones is 1.